The van der Waals surface area contributed by atoms with E-state index in [0.29, 0.717) is 0 Å². The van der Waals surface area contributed by atoms with Gasteiger partial charge in [0.1, 0.15) is 5.54 Å². The Bertz CT molecular complexity index is 620. The van der Waals surface area contributed by atoms with Gasteiger partial charge in [-0.15, -0.1) is 0 Å². The third kappa shape index (κ3) is 2.32. The summed E-state index contributed by atoms with van der Waals surface area (Å²) in [6.07, 6.45) is 1.23. The van der Waals surface area contributed by atoms with Crippen LogP contribution in [-0.4, -0.2) is 27.7 Å². The summed E-state index contributed by atoms with van der Waals surface area (Å²) in [6.45, 7) is 3.90. The summed E-state index contributed by atoms with van der Waals surface area (Å²) in [5.41, 5.74) is 7.15. The quantitative estimate of drug-likeness (QED) is 0.777. The fraction of sp³-hybridized carbons (Fsp3) is 0.333. The number of carboxylic acids is 2. The molecule has 0 heterocycles. The standard InChI is InChI=1S/C15H17NO4/c1-8-3-4-10(5-9(8)2)11-6-15(16,14(19)20)7-12(11)13(17)18/h3-5,7,11H,6,16H2,1-2H3,(H,17,18)(H,19,20)/t11-,15-/m0/s1. The maximum atomic E-state index is 11.3. The van der Waals surface area contributed by atoms with E-state index in [4.69, 9.17) is 5.73 Å². The van der Waals surface area contributed by atoms with E-state index in [2.05, 4.69) is 0 Å². The van der Waals surface area contributed by atoms with Crippen LogP contribution in [0.1, 0.15) is 29.0 Å². The van der Waals surface area contributed by atoms with Gasteiger partial charge in [-0.3, -0.25) is 0 Å². The maximum absolute atomic E-state index is 11.3. The third-order valence-corrected chi connectivity index (χ3v) is 3.91. The molecule has 5 heteroatoms. The summed E-state index contributed by atoms with van der Waals surface area (Å²) in [7, 11) is 0. The van der Waals surface area contributed by atoms with E-state index in [1.54, 1.807) is 0 Å². The van der Waals surface area contributed by atoms with Crippen LogP contribution in [0.15, 0.2) is 29.8 Å². The highest BCUT2D eigenvalue weighted by Gasteiger charge is 2.44. The fourth-order valence-electron chi connectivity index (χ4n) is 2.52. The number of hydrogen-bond acceptors (Lipinski definition) is 3. The molecule has 20 heavy (non-hydrogen) atoms. The predicted octanol–water partition coefficient (Wildman–Crippen LogP) is 1.58. The van der Waals surface area contributed by atoms with Crippen molar-refractivity contribution in [2.45, 2.75) is 31.7 Å². The molecule has 2 atom stereocenters. The van der Waals surface area contributed by atoms with Crippen LogP contribution in [0, 0.1) is 13.8 Å². The largest absolute Gasteiger partial charge is 0.480 e. The van der Waals surface area contributed by atoms with Crippen LogP contribution >= 0.6 is 0 Å². The monoisotopic (exact) mass is 275 g/mol. The van der Waals surface area contributed by atoms with Crippen LogP contribution < -0.4 is 5.73 Å². The molecule has 0 spiro atoms. The molecule has 0 saturated heterocycles. The van der Waals surface area contributed by atoms with Gasteiger partial charge in [-0.2, -0.15) is 0 Å². The first-order valence-corrected chi connectivity index (χ1v) is 6.30. The second kappa shape index (κ2) is 4.76. The molecule has 1 aromatic carbocycles. The molecule has 0 bridgehead atoms. The van der Waals surface area contributed by atoms with E-state index in [-0.39, 0.29) is 12.0 Å². The molecule has 0 radical (unpaired) electrons. The topological polar surface area (TPSA) is 101 Å². The normalized spacial score (nSPS) is 25.4. The molecule has 1 aliphatic rings. The number of benzene rings is 1. The molecule has 1 aliphatic carbocycles. The Hall–Kier alpha value is -2.14. The first kappa shape index (κ1) is 14.3. The van der Waals surface area contributed by atoms with Gasteiger partial charge >= 0.3 is 11.9 Å². The molecular weight excluding hydrogens is 258 g/mol. The molecule has 0 unspecified atom stereocenters. The first-order chi connectivity index (χ1) is 9.24. The minimum absolute atomic E-state index is 0.0538. The van der Waals surface area contributed by atoms with Crippen LogP contribution in [0.4, 0.5) is 0 Å². The SMILES string of the molecule is Cc1ccc([C@@H]2C[C@@](N)(C(=O)O)C=C2C(=O)O)cc1C. The molecule has 0 amide bonds. The maximum Gasteiger partial charge on any atom is 0.331 e. The van der Waals surface area contributed by atoms with Gasteiger partial charge in [-0.1, -0.05) is 18.2 Å². The number of aliphatic carboxylic acids is 2. The number of hydrogen-bond donors (Lipinski definition) is 3. The number of nitrogens with two attached hydrogens (primary N) is 1. The molecular formula is C15H17NO4. The summed E-state index contributed by atoms with van der Waals surface area (Å²) in [4.78, 5) is 22.6. The van der Waals surface area contributed by atoms with Gasteiger partial charge in [0.25, 0.3) is 0 Å². The smallest absolute Gasteiger partial charge is 0.331 e. The van der Waals surface area contributed by atoms with Crippen molar-refractivity contribution in [2.24, 2.45) is 5.73 Å². The molecule has 0 aromatic heterocycles. The Morgan fingerprint density at radius 2 is 1.90 bits per heavy atom. The van der Waals surface area contributed by atoms with Gasteiger partial charge in [-0.05, 0) is 43.0 Å². The van der Waals surface area contributed by atoms with E-state index in [1.807, 2.05) is 32.0 Å². The Labute approximate surface area is 116 Å². The number of aryl methyl sites for hydroxylation is 2. The molecule has 2 rings (SSSR count). The van der Waals surface area contributed by atoms with Crippen LogP contribution in [0.3, 0.4) is 0 Å². The highest BCUT2D eigenvalue weighted by atomic mass is 16.4. The third-order valence-electron chi connectivity index (χ3n) is 3.91. The van der Waals surface area contributed by atoms with E-state index in [0.717, 1.165) is 22.8 Å². The van der Waals surface area contributed by atoms with Crippen molar-refractivity contribution in [3.8, 4) is 0 Å². The van der Waals surface area contributed by atoms with Gasteiger partial charge in [0.15, 0.2) is 0 Å². The average Bonchev–Trinajstić information content (AvgIpc) is 2.73. The number of carboxylic acid groups (broad SMARTS) is 2. The lowest BCUT2D eigenvalue weighted by molar-refractivity contribution is -0.141. The molecule has 1 aromatic rings. The van der Waals surface area contributed by atoms with Gasteiger partial charge in [0.05, 0.1) is 0 Å². The summed E-state index contributed by atoms with van der Waals surface area (Å²) >= 11 is 0. The Kier molecular flexibility index (Phi) is 3.39. The van der Waals surface area contributed by atoms with E-state index < -0.39 is 23.4 Å². The Morgan fingerprint density at radius 3 is 2.40 bits per heavy atom. The van der Waals surface area contributed by atoms with Crippen molar-refractivity contribution in [3.63, 3.8) is 0 Å². The van der Waals surface area contributed by atoms with Crippen molar-refractivity contribution in [2.75, 3.05) is 0 Å². The zero-order valence-corrected chi connectivity index (χ0v) is 11.4. The van der Waals surface area contributed by atoms with Gasteiger partial charge in [0.2, 0.25) is 0 Å². The van der Waals surface area contributed by atoms with E-state index >= 15 is 0 Å². The van der Waals surface area contributed by atoms with Crippen molar-refractivity contribution in [1.29, 1.82) is 0 Å². The van der Waals surface area contributed by atoms with Gasteiger partial charge in [0, 0.05) is 11.5 Å². The van der Waals surface area contributed by atoms with Crippen molar-refractivity contribution in [1.82, 2.24) is 0 Å². The number of rotatable bonds is 3. The fourth-order valence-corrected chi connectivity index (χ4v) is 2.52. The minimum atomic E-state index is -1.61. The zero-order valence-electron chi connectivity index (χ0n) is 11.4. The lowest BCUT2D eigenvalue weighted by Gasteiger charge is -2.19. The number of carbonyl (C=O) groups is 2. The van der Waals surface area contributed by atoms with Crippen molar-refractivity contribution < 1.29 is 19.8 Å². The summed E-state index contributed by atoms with van der Waals surface area (Å²) < 4.78 is 0. The molecule has 0 aliphatic heterocycles. The lowest BCUT2D eigenvalue weighted by atomic mass is 9.87. The van der Waals surface area contributed by atoms with Crippen LogP contribution in [0.2, 0.25) is 0 Å². The predicted molar refractivity (Wildman–Crippen MR) is 73.5 cm³/mol. The van der Waals surface area contributed by atoms with E-state index in [9.17, 15) is 19.8 Å². The summed E-state index contributed by atoms with van der Waals surface area (Å²) in [5.74, 6) is -2.82. The molecule has 0 fully saturated rings. The summed E-state index contributed by atoms with van der Waals surface area (Å²) in [5, 5.41) is 18.4. The second-order valence-electron chi connectivity index (χ2n) is 5.35. The highest BCUT2D eigenvalue weighted by molar-refractivity contribution is 5.94. The highest BCUT2D eigenvalue weighted by Crippen LogP contribution is 2.40. The van der Waals surface area contributed by atoms with Crippen LogP contribution in [-0.2, 0) is 9.59 Å². The lowest BCUT2D eigenvalue weighted by Crippen LogP contribution is -2.44. The van der Waals surface area contributed by atoms with Crippen molar-refractivity contribution >= 4 is 11.9 Å². The zero-order chi connectivity index (χ0) is 15.1. The van der Waals surface area contributed by atoms with Crippen LogP contribution in [0.25, 0.3) is 0 Å². The van der Waals surface area contributed by atoms with Gasteiger partial charge in [-0.25, -0.2) is 9.59 Å². The molecule has 106 valence electrons. The van der Waals surface area contributed by atoms with Gasteiger partial charge < -0.3 is 15.9 Å². The first-order valence-electron chi connectivity index (χ1n) is 6.30. The minimum Gasteiger partial charge on any atom is -0.480 e. The van der Waals surface area contributed by atoms with Crippen molar-refractivity contribution in [3.05, 3.63) is 46.5 Å². The molecule has 4 N–H and O–H groups in total. The molecule has 0 saturated carbocycles. The van der Waals surface area contributed by atoms with Crippen LogP contribution in [0.5, 0.6) is 0 Å². The second-order valence-corrected chi connectivity index (χ2v) is 5.35. The van der Waals surface area contributed by atoms with E-state index in [1.165, 1.54) is 0 Å². The molecule has 5 nitrogen and oxygen atoms in total. The Morgan fingerprint density at radius 1 is 1.25 bits per heavy atom. The summed E-state index contributed by atoms with van der Waals surface area (Å²) in [6, 6.07) is 5.63. The average molecular weight is 275 g/mol. The Balaban J connectivity index is 2.46.